The van der Waals surface area contributed by atoms with Gasteiger partial charge in [0.25, 0.3) is 5.91 Å². The molecule has 2 aromatic rings. The first-order valence-corrected chi connectivity index (χ1v) is 7.57. The lowest BCUT2D eigenvalue weighted by Gasteiger charge is -2.29. The largest absolute Gasteiger partial charge is 0.451 e. The Morgan fingerprint density at radius 1 is 1.27 bits per heavy atom. The molecule has 4 nitrogen and oxygen atoms in total. The van der Waals surface area contributed by atoms with Crippen LogP contribution in [0.15, 0.2) is 22.6 Å². The van der Waals surface area contributed by atoms with Gasteiger partial charge >= 0.3 is 0 Å². The van der Waals surface area contributed by atoms with Crippen molar-refractivity contribution in [1.29, 1.82) is 0 Å². The number of amides is 1. The summed E-state index contributed by atoms with van der Waals surface area (Å²) < 4.78 is 5.71. The Bertz CT molecular complexity index is 642. The van der Waals surface area contributed by atoms with Gasteiger partial charge in [0.2, 0.25) is 0 Å². The van der Waals surface area contributed by atoms with E-state index in [9.17, 15) is 4.79 Å². The third-order valence-electron chi connectivity index (χ3n) is 4.50. The van der Waals surface area contributed by atoms with Crippen LogP contribution >= 0.6 is 12.4 Å². The van der Waals surface area contributed by atoms with E-state index < -0.39 is 0 Å². The van der Waals surface area contributed by atoms with Crippen molar-refractivity contribution in [1.82, 2.24) is 10.6 Å². The lowest BCUT2D eigenvalue weighted by atomic mass is 9.95. The highest BCUT2D eigenvalue weighted by Gasteiger charge is 2.24. The van der Waals surface area contributed by atoms with E-state index in [1.807, 2.05) is 19.1 Å². The van der Waals surface area contributed by atoms with E-state index in [2.05, 4.69) is 30.5 Å². The van der Waals surface area contributed by atoms with Gasteiger partial charge in [0.15, 0.2) is 5.76 Å². The normalized spacial score (nSPS) is 21.4. The SMILES string of the molecule is Cc1cc2cc(C(=O)NC3CNCCC3C)oc2cc1C.Cl. The van der Waals surface area contributed by atoms with E-state index in [0.717, 1.165) is 30.5 Å². The Morgan fingerprint density at radius 3 is 2.73 bits per heavy atom. The van der Waals surface area contributed by atoms with Gasteiger partial charge in [-0.05, 0) is 62.1 Å². The highest BCUT2D eigenvalue weighted by atomic mass is 35.5. The van der Waals surface area contributed by atoms with E-state index in [1.165, 1.54) is 11.1 Å². The summed E-state index contributed by atoms with van der Waals surface area (Å²) in [6.07, 6.45) is 1.09. The number of hydrogen-bond donors (Lipinski definition) is 2. The lowest BCUT2D eigenvalue weighted by molar-refractivity contribution is 0.0889. The number of benzene rings is 1. The molecule has 0 spiro atoms. The molecule has 1 saturated heterocycles. The Kier molecular flexibility index (Phi) is 5.14. The van der Waals surface area contributed by atoms with Crippen molar-refractivity contribution in [2.24, 2.45) is 5.92 Å². The number of piperidine rings is 1. The number of nitrogens with one attached hydrogen (secondary N) is 2. The molecule has 2 atom stereocenters. The average Bonchev–Trinajstić information content (AvgIpc) is 2.85. The van der Waals surface area contributed by atoms with Crippen LogP contribution in [-0.2, 0) is 0 Å². The van der Waals surface area contributed by atoms with Gasteiger partial charge in [-0.2, -0.15) is 0 Å². The topological polar surface area (TPSA) is 54.3 Å². The summed E-state index contributed by atoms with van der Waals surface area (Å²) >= 11 is 0. The van der Waals surface area contributed by atoms with Crippen LogP contribution in [0.25, 0.3) is 11.0 Å². The Hall–Kier alpha value is -1.52. The molecule has 0 aliphatic carbocycles. The number of fused-ring (bicyclic) bond motifs is 1. The predicted molar refractivity (Wildman–Crippen MR) is 90.8 cm³/mol. The van der Waals surface area contributed by atoms with Crippen molar-refractivity contribution in [3.63, 3.8) is 0 Å². The molecular weight excluding hydrogens is 300 g/mol. The first-order valence-electron chi connectivity index (χ1n) is 7.57. The van der Waals surface area contributed by atoms with Crippen molar-refractivity contribution in [3.8, 4) is 0 Å². The molecule has 2 heterocycles. The molecule has 1 aromatic carbocycles. The van der Waals surface area contributed by atoms with Crippen LogP contribution in [0.2, 0.25) is 0 Å². The second-order valence-corrected chi connectivity index (χ2v) is 6.13. The zero-order chi connectivity index (χ0) is 15.0. The zero-order valence-corrected chi connectivity index (χ0v) is 14.0. The standard InChI is InChI=1S/C17H22N2O2.ClH/c1-10-4-5-18-9-14(10)19-17(20)16-8-13-6-11(2)12(3)7-15(13)21-16;/h6-8,10,14,18H,4-5,9H2,1-3H3,(H,19,20);1H. The minimum absolute atomic E-state index is 0. The number of halogens is 1. The maximum absolute atomic E-state index is 12.4. The first kappa shape index (κ1) is 16.8. The van der Waals surface area contributed by atoms with Gasteiger partial charge in [-0.1, -0.05) is 6.92 Å². The van der Waals surface area contributed by atoms with Crippen molar-refractivity contribution < 1.29 is 9.21 Å². The minimum atomic E-state index is -0.123. The maximum Gasteiger partial charge on any atom is 0.287 e. The quantitative estimate of drug-likeness (QED) is 0.892. The molecule has 0 radical (unpaired) electrons. The third-order valence-corrected chi connectivity index (χ3v) is 4.50. The molecule has 1 aliphatic heterocycles. The minimum Gasteiger partial charge on any atom is -0.451 e. The molecule has 2 N–H and O–H groups in total. The van der Waals surface area contributed by atoms with E-state index >= 15 is 0 Å². The molecule has 120 valence electrons. The van der Waals surface area contributed by atoms with Gasteiger partial charge in [-0.3, -0.25) is 4.79 Å². The van der Waals surface area contributed by atoms with Gasteiger partial charge < -0.3 is 15.1 Å². The Balaban J connectivity index is 0.00000176. The second-order valence-electron chi connectivity index (χ2n) is 6.13. The summed E-state index contributed by atoms with van der Waals surface area (Å²) in [5.74, 6) is 0.763. The fourth-order valence-electron chi connectivity index (χ4n) is 2.84. The summed E-state index contributed by atoms with van der Waals surface area (Å²) in [6.45, 7) is 8.14. The van der Waals surface area contributed by atoms with Crippen LogP contribution in [0.4, 0.5) is 0 Å². The van der Waals surface area contributed by atoms with Gasteiger partial charge in [-0.15, -0.1) is 12.4 Å². The number of hydrogen-bond acceptors (Lipinski definition) is 3. The number of carbonyl (C=O) groups excluding carboxylic acids is 1. The van der Waals surface area contributed by atoms with Crippen molar-refractivity contribution in [2.75, 3.05) is 13.1 Å². The number of rotatable bonds is 2. The first-order chi connectivity index (χ1) is 10.0. The molecule has 5 heteroatoms. The molecule has 0 saturated carbocycles. The smallest absolute Gasteiger partial charge is 0.287 e. The van der Waals surface area contributed by atoms with E-state index in [0.29, 0.717) is 11.7 Å². The van der Waals surface area contributed by atoms with E-state index in [-0.39, 0.29) is 24.4 Å². The van der Waals surface area contributed by atoms with Crippen LogP contribution < -0.4 is 10.6 Å². The number of carbonyl (C=O) groups is 1. The third kappa shape index (κ3) is 3.28. The summed E-state index contributed by atoms with van der Waals surface area (Å²) in [4.78, 5) is 12.4. The zero-order valence-electron chi connectivity index (χ0n) is 13.2. The van der Waals surface area contributed by atoms with Crippen LogP contribution in [0.5, 0.6) is 0 Å². The average molecular weight is 323 g/mol. The molecule has 1 aromatic heterocycles. The van der Waals surface area contributed by atoms with E-state index in [4.69, 9.17) is 4.42 Å². The van der Waals surface area contributed by atoms with Gasteiger partial charge in [0, 0.05) is 18.0 Å². The number of aryl methyl sites for hydroxylation is 2. The number of furan rings is 1. The second kappa shape index (κ2) is 6.71. The molecule has 22 heavy (non-hydrogen) atoms. The molecule has 0 bridgehead atoms. The molecular formula is C17H23ClN2O2. The predicted octanol–water partition coefficient (Wildman–Crippen LogP) is 3.20. The van der Waals surface area contributed by atoms with Gasteiger partial charge in [-0.25, -0.2) is 0 Å². The van der Waals surface area contributed by atoms with Gasteiger partial charge in [0.1, 0.15) is 5.58 Å². The van der Waals surface area contributed by atoms with E-state index in [1.54, 1.807) is 0 Å². The highest BCUT2D eigenvalue weighted by Crippen LogP contribution is 2.23. The Labute approximate surface area is 137 Å². The fourth-order valence-corrected chi connectivity index (χ4v) is 2.84. The lowest BCUT2D eigenvalue weighted by Crippen LogP contribution is -2.50. The summed E-state index contributed by atoms with van der Waals surface area (Å²) in [5, 5.41) is 7.38. The van der Waals surface area contributed by atoms with Crippen LogP contribution in [0, 0.1) is 19.8 Å². The van der Waals surface area contributed by atoms with Crippen molar-refractivity contribution in [3.05, 3.63) is 35.1 Å². The molecule has 1 amide bonds. The maximum atomic E-state index is 12.4. The molecule has 3 rings (SSSR count). The van der Waals surface area contributed by atoms with Crippen LogP contribution in [-0.4, -0.2) is 25.0 Å². The monoisotopic (exact) mass is 322 g/mol. The summed E-state index contributed by atoms with van der Waals surface area (Å²) in [7, 11) is 0. The van der Waals surface area contributed by atoms with Crippen molar-refractivity contribution in [2.45, 2.75) is 33.2 Å². The molecule has 1 aliphatic rings. The summed E-state index contributed by atoms with van der Waals surface area (Å²) in [5.41, 5.74) is 3.16. The van der Waals surface area contributed by atoms with Gasteiger partial charge in [0.05, 0.1) is 0 Å². The molecule has 2 unspecified atom stereocenters. The molecule has 1 fully saturated rings. The van der Waals surface area contributed by atoms with Crippen LogP contribution in [0.1, 0.15) is 35.0 Å². The van der Waals surface area contributed by atoms with Crippen molar-refractivity contribution >= 4 is 29.3 Å². The fraction of sp³-hybridized carbons (Fsp3) is 0.471. The summed E-state index contributed by atoms with van der Waals surface area (Å²) in [6, 6.07) is 6.06. The highest BCUT2D eigenvalue weighted by molar-refractivity contribution is 5.96. The van der Waals surface area contributed by atoms with Crippen LogP contribution in [0.3, 0.4) is 0 Å². The Morgan fingerprint density at radius 2 is 2.00 bits per heavy atom.